The molecule has 0 aliphatic heterocycles. The zero-order valence-corrected chi connectivity index (χ0v) is 14.8. The minimum absolute atomic E-state index is 0.126. The summed E-state index contributed by atoms with van der Waals surface area (Å²) in [5, 5.41) is 0. The number of aryl methyl sites for hydroxylation is 2. The maximum atomic E-state index is 12.5. The quantitative estimate of drug-likeness (QED) is 0.617. The van der Waals surface area contributed by atoms with Crippen LogP contribution in [0.5, 0.6) is 11.5 Å². The van der Waals surface area contributed by atoms with Crippen LogP contribution in [0.15, 0.2) is 42.5 Å². The monoisotopic (exact) mass is 326 g/mol. The van der Waals surface area contributed by atoms with Crippen molar-refractivity contribution in [2.24, 2.45) is 0 Å². The highest BCUT2D eigenvalue weighted by Crippen LogP contribution is 2.23. The van der Waals surface area contributed by atoms with Crippen LogP contribution in [0.2, 0.25) is 0 Å². The Hall–Kier alpha value is -2.29. The Morgan fingerprint density at radius 2 is 1.75 bits per heavy atom. The van der Waals surface area contributed by atoms with Gasteiger partial charge in [-0.3, -0.25) is 4.79 Å². The first kappa shape index (κ1) is 18.1. The van der Waals surface area contributed by atoms with E-state index < -0.39 is 0 Å². The van der Waals surface area contributed by atoms with Gasteiger partial charge in [0.15, 0.2) is 5.78 Å². The van der Waals surface area contributed by atoms with Crippen molar-refractivity contribution in [1.29, 1.82) is 0 Å². The second-order valence-electron chi connectivity index (χ2n) is 5.61. The second kappa shape index (κ2) is 9.11. The van der Waals surface area contributed by atoms with Crippen molar-refractivity contribution in [3.63, 3.8) is 0 Å². The average Bonchev–Trinajstić information content (AvgIpc) is 2.61. The summed E-state index contributed by atoms with van der Waals surface area (Å²) in [6.45, 7) is 7.26. The summed E-state index contributed by atoms with van der Waals surface area (Å²) in [4.78, 5) is 12.5. The topological polar surface area (TPSA) is 35.5 Å². The minimum Gasteiger partial charge on any atom is -0.494 e. The molecule has 0 heterocycles. The molecule has 0 unspecified atom stereocenters. The lowest BCUT2D eigenvalue weighted by molar-refractivity contribution is 0.0982. The molecule has 3 nitrogen and oxygen atoms in total. The molecule has 0 atom stereocenters. The van der Waals surface area contributed by atoms with E-state index in [0.29, 0.717) is 31.6 Å². The van der Waals surface area contributed by atoms with Gasteiger partial charge in [0.1, 0.15) is 11.5 Å². The molecule has 0 radical (unpaired) electrons. The number of carbonyl (C=O) groups excluding carboxylic acids is 1. The molecule has 0 saturated carbocycles. The third kappa shape index (κ3) is 4.85. The summed E-state index contributed by atoms with van der Waals surface area (Å²) in [6, 6.07) is 13.6. The molecule has 0 N–H and O–H groups in total. The molecule has 0 aromatic heterocycles. The highest BCUT2D eigenvalue weighted by molar-refractivity contribution is 5.96. The zero-order valence-electron chi connectivity index (χ0n) is 14.8. The highest BCUT2D eigenvalue weighted by atomic mass is 16.5. The Kier molecular flexibility index (Phi) is 6.86. The van der Waals surface area contributed by atoms with Gasteiger partial charge in [0.05, 0.1) is 13.2 Å². The molecule has 3 heteroatoms. The van der Waals surface area contributed by atoms with E-state index in [-0.39, 0.29) is 5.78 Å². The van der Waals surface area contributed by atoms with Crippen molar-refractivity contribution in [2.45, 2.75) is 40.0 Å². The number of hydrogen-bond acceptors (Lipinski definition) is 3. The molecular weight excluding hydrogens is 300 g/mol. The van der Waals surface area contributed by atoms with Gasteiger partial charge in [0, 0.05) is 12.0 Å². The summed E-state index contributed by atoms with van der Waals surface area (Å²) in [5.74, 6) is 1.75. The van der Waals surface area contributed by atoms with Gasteiger partial charge in [-0.15, -0.1) is 0 Å². The Morgan fingerprint density at radius 3 is 2.46 bits per heavy atom. The molecule has 0 aliphatic rings. The van der Waals surface area contributed by atoms with Crippen LogP contribution in [0.3, 0.4) is 0 Å². The van der Waals surface area contributed by atoms with Crippen molar-refractivity contribution in [1.82, 2.24) is 0 Å². The number of ketones is 1. The lowest BCUT2D eigenvalue weighted by Gasteiger charge is -2.12. The summed E-state index contributed by atoms with van der Waals surface area (Å²) in [5.41, 5.74) is 3.07. The molecular formula is C21H26O3. The molecule has 0 saturated heterocycles. The SMILES string of the molecule is CCOc1cccc(C(=O)CCc2cc(CC)ccc2OCC)c1. The minimum atomic E-state index is 0.126. The number of ether oxygens (including phenoxy) is 2. The van der Waals surface area contributed by atoms with Crippen LogP contribution in [-0.2, 0) is 12.8 Å². The standard InChI is InChI=1S/C21H26O3/c1-4-16-10-13-21(24-6-3)18(14-16)11-12-20(22)17-8-7-9-19(15-17)23-5-2/h7-10,13-15H,4-6,11-12H2,1-3H3. The third-order valence-corrected chi connectivity index (χ3v) is 3.92. The van der Waals surface area contributed by atoms with E-state index in [4.69, 9.17) is 9.47 Å². The molecule has 0 spiro atoms. The van der Waals surface area contributed by atoms with Gasteiger partial charge in [-0.2, -0.15) is 0 Å². The molecule has 0 fully saturated rings. The number of benzene rings is 2. The molecule has 24 heavy (non-hydrogen) atoms. The van der Waals surface area contributed by atoms with Crippen LogP contribution in [0.4, 0.5) is 0 Å². The van der Waals surface area contributed by atoms with Gasteiger partial charge in [-0.1, -0.05) is 31.2 Å². The van der Waals surface area contributed by atoms with Crippen LogP contribution in [-0.4, -0.2) is 19.0 Å². The maximum absolute atomic E-state index is 12.5. The van der Waals surface area contributed by atoms with Gasteiger partial charge < -0.3 is 9.47 Å². The molecule has 0 bridgehead atoms. The summed E-state index contributed by atoms with van der Waals surface area (Å²) < 4.78 is 11.2. The smallest absolute Gasteiger partial charge is 0.163 e. The Balaban J connectivity index is 2.09. The van der Waals surface area contributed by atoms with Crippen molar-refractivity contribution in [3.05, 3.63) is 59.2 Å². The van der Waals surface area contributed by atoms with E-state index in [1.165, 1.54) is 5.56 Å². The highest BCUT2D eigenvalue weighted by Gasteiger charge is 2.11. The molecule has 2 aromatic carbocycles. The number of hydrogen-bond donors (Lipinski definition) is 0. The normalized spacial score (nSPS) is 10.5. The van der Waals surface area contributed by atoms with E-state index in [9.17, 15) is 4.79 Å². The molecule has 128 valence electrons. The van der Waals surface area contributed by atoms with E-state index >= 15 is 0 Å². The number of carbonyl (C=O) groups is 1. The van der Waals surface area contributed by atoms with Crippen LogP contribution < -0.4 is 9.47 Å². The van der Waals surface area contributed by atoms with Crippen LogP contribution in [0.25, 0.3) is 0 Å². The first-order valence-electron chi connectivity index (χ1n) is 8.68. The van der Waals surface area contributed by atoms with E-state index in [1.807, 2.05) is 44.2 Å². The largest absolute Gasteiger partial charge is 0.494 e. The van der Waals surface area contributed by atoms with E-state index in [1.54, 1.807) is 0 Å². The Labute approximate surface area is 144 Å². The predicted octanol–water partition coefficient (Wildman–Crippen LogP) is 4.86. The lowest BCUT2D eigenvalue weighted by Crippen LogP contribution is -2.04. The second-order valence-corrected chi connectivity index (χ2v) is 5.61. The molecule has 2 rings (SSSR count). The van der Waals surface area contributed by atoms with Crippen LogP contribution in [0, 0.1) is 0 Å². The van der Waals surface area contributed by atoms with Crippen LogP contribution >= 0.6 is 0 Å². The maximum Gasteiger partial charge on any atom is 0.163 e. The number of Topliss-reactive ketones (excluding diaryl/α,β-unsaturated/α-hetero) is 1. The van der Waals surface area contributed by atoms with Crippen molar-refractivity contribution < 1.29 is 14.3 Å². The lowest BCUT2D eigenvalue weighted by atomic mass is 10.00. The van der Waals surface area contributed by atoms with Gasteiger partial charge in [-0.25, -0.2) is 0 Å². The van der Waals surface area contributed by atoms with Gasteiger partial charge in [0.25, 0.3) is 0 Å². The van der Waals surface area contributed by atoms with Crippen LogP contribution in [0.1, 0.15) is 48.7 Å². The Morgan fingerprint density at radius 1 is 0.958 bits per heavy atom. The van der Waals surface area contributed by atoms with Gasteiger partial charge >= 0.3 is 0 Å². The summed E-state index contributed by atoms with van der Waals surface area (Å²) in [6.07, 6.45) is 2.12. The summed E-state index contributed by atoms with van der Waals surface area (Å²) >= 11 is 0. The molecule has 0 amide bonds. The van der Waals surface area contributed by atoms with Crippen molar-refractivity contribution in [2.75, 3.05) is 13.2 Å². The zero-order chi connectivity index (χ0) is 17.4. The predicted molar refractivity (Wildman–Crippen MR) is 97.3 cm³/mol. The summed E-state index contributed by atoms with van der Waals surface area (Å²) in [7, 11) is 0. The number of rotatable bonds is 9. The Bertz CT molecular complexity index is 677. The fraction of sp³-hybridized carbons (Fsp3) is 0.381. The van der Waals surface area contributed by atoms with Gasteiger partial charge in [-0.05, 0) is 56.0 Å². The third-order valence-electron chi connectivity index (χ3n) is 3.92. The fourth-order valence-corrected chi connectivity index (χ4v) is 2.66. The first-order chi connectivity index (χ1) is 11.7. The fourth-order valence-electron chi connectivity index (χ4n) is 2.66. The van der Waals surface area contributed by atoms with E-state index in [0.717, 1.165) is 23.5 Å². The average molecular weight is 326 g/mol. The van der Waals surface area contributed by atoms with Crippen molar-refractivity contribution >= 4 is 5.78 Å². The first-order valence-corrected chi connectivity index (χ1v) is 8.68. The van der Waals surface area contributed by atoms with Gasteiger partial charge in [0.2, 0.25) is 0 Å². The molecule has 0 aliphatic carbocycles. The van der Waals surface area contributed by atoms with Crippen molar-refractivity contribution in [3.8, 4) is 11.5 Å². The van der Waals surface area contributed by atoms with E-state index in [2.05, 4.69) is 19.1 Å². The molecule has 2 aromatic rings.